The molecule has 1 aliphatic heterocycles. The second kappa shape index (κ2) is 9.62. The van der Waals surface area contributed by atoms with Crippen molar-refractivity contribution in [2.75, 3.05) is 13.1 Å². The van der Waals surface area contributed by atoms with Gasteiger partial charge >= 0.3 is 0 Å². The summed E-state index contributed by atoms with van der Waals surface area (Å²) in [5.74, 6) is 0.0939. The lowest BCUT2D eigenvalue weighted by Crippen LogP contribution is -2.47. The van der Waals surface area contributed by atoms with Crippen LogP contribution in [0.2, 0.25) is 0 Å². The molecule has 1 fully saturated rings. The van der Waals surface area contributed by atoms with Gasteiger partial charge in [0.05, 0.1) is 0 Å². The minimum atomic E-state index is 0. The largest absolute Gasteiger partial charge is 0.334 e. The molecule has 3 rings (SSSR count). The molecule has 1 aromatic heterocycles. The van der Waals surface area contributed by atoms with Crippen LogP contribution in [0, 0.1) is 0 Å². The number of aromatic nitrogens is 1. The van der Waals surface area contributed by atoms with Crippen LogP contribution in [-0.4, -0.2) is 34.9 Å². The molecule has 1 amide bonds. The van der Waals surface area contributed by atoms with Crippen molar-refractivity contribution in [2.24, 2.45) is 5.73 Å². The maximum atomic E-state index is 12.7. The van der Waals surface area contributed by atoms with Crippen molar-refractivity contribution in [3.05, 3.63) is 54.4 Å². The lowest BCUT2D eigenvalue weighted by atomic mass is 10.00. The van der Waals surface area contributed by atoms with E-state index >= 15 is 0 Å². The number of nitrogens with zero attached hydrogens (tertiary/aromatic N) is 2. The normalized spacial score (nSPS) is 16.7. The molecule has 24 heavy (non-hydrogen) atoms. The van der Waals surface area contributed by atoms with Gasteiger partial charge in [-0.1, -0.05) is 12.1 Å². The zero-order valence-corrected chi connectivity index (χ0v) is 15.1. The zero-order valence-electron chi connectivity index (χ0n) is 13.4. The lowest BCUT2D eigenvalue weighted by molar-refractivity contribution is 0.0623. The van der Waals surface area contributed by atoms with Gasteiger partial charge in [0.25, 0.3) is 5.91 Å². The molecule has 0 saturated carbocycles. The highest BCUT2D eigenvalue weighted by Crippen LogP contribution is 2.22. The van der Waals surface area contributed by atoms with Crippen LogP contribution in [0.3, 0.4) is 0 Å². The van der Waals surface area contributed by atoms with E-state index in [-0.39, 0.29) is 36.8 Å². The summed E-state index contributed by atoms with van der Waals surface area (Å²) in [6, 6.07) is 11.9. The molecule has 2 N–H and O–H groups in total. The second-order valence-corrected chi connectivity index (χ2v) is 5.70. The van der Waals surface area contributed by atoms with Crippen LogP contribution in [0.4, 0.5) is 0 Å². The van der Waals surface area contributed by atoms with Gasteiger partial charge in [-0.3, -0.25) is 9.78 Å². The summed E-state index contributed by atoms with van der Waals surface area (Å²) in [5.41, 5.74) is 8.74. The van der Waals surface area contributed by atoms with E-state index in [2.05, 4.69) is 4.98 Å². The van der Waals surface area contributed by atoms with Crippen LogP contribution in [-0.2, 0) is 0 Å². The van der Waals surface area contributed by atoms with Gasteiger partial charge in [0.2, 0.25) is 0 Å². The van der Waals surface area contributed by atoms with E-state index < -0.39 is 0 Å². The first kappa shape index (κ1) is 20.4. The van der Waals surface area contributed by atoms with Gasteiger partial charge in [0, 0.05) is 37.1 Å². The Balaban J connectivity index is 0.00000144. The van der Waals surface area contributed by atoms with Crippen LogP contribution in [0.5, 0.6) is 0 Å². The average molecular weight is 368 g/mol. The highest BCUT2D eigenvalue weighted by Gasteiger charge is 2.26. The van der Waals surface area contributed by atoms with Crippen molar-refractivity contribution in [3.8, 4) is 11.1 Å². The molecule has 1 atom stereocenters. The van der Waals surface area contributed by atoms with Crippen LogP contribution >= 0.6 is 24.8 Å². The molecule has 2 heterocycles. The Kier molecular flexibility index (Phi) is 8.19. The number of nitrogens with two attached hydrogens (primary N) is 1. The van der Waals surface area contributed by atoms with Gasteiger partial charge in [-0.2, -0.15) is 0 Å². The minimum absolute atomic E-state index is 0. The van der Waals surface area contributed by atoms with Crippen molar-refractivity contribution in [3.63, 3.8) is 0 Å². The number of amides is 1. The lowest BCUT2D eigenvalue weighted by Gasteiger charge is -2.35. The first-order valence-electron chi connectivity index (χ1n) is 7.81. The fraction of sp³-hybridized carbons (Fsp3) is 0.333. The Morgan fingerprint density at radius 3 is 2.29 bits per heavy atom. The fourth-order valence-corrected chi connectivity index (χ4v) is 3.03. The van der Waals surface area contributed by atoms with Crippen molar-refractivity contribution in [1.82, 2.24) is 9.88 Å². The summed E-state index contributed by atoms with van der Waals surface area (Å²) in [7, 11) is 0. The standard InChI is InChI=1S/C18H21N3O.2ClH/c19-13-17-3-1-2-12-21(17)18(22)16-6-4-14(5-7-16)15-8-10-20-11-9-15;;/h4-11,17H,1-3,12-13,19H2;2*1H. The van der Waals surface area contributed by atoms with Crippen molar-refractivity contribution >= 4 is 30.7 Å². The maximum absolute atomic E-state index is 12.7. The smallest absolute Gasteiger partial charge is 0.254 e. The third-order valence-electron chi connectivity index (χ3n) is 4.31. The number of hydrogen-bond donors (Lipinski definition) is 1. The Morgan fingerprint density at radius 1 is 1.04 bits per heavy atom. The van der Waals surface area contributed by atoms with E-state index in [1.54, 1.807) is 12.4 Å². The number of piperidine rings is 1. The number of pyridine rings is 1. The molecule has 1 aromatic carbocycles. The van der Waals surface area contributed by atoms with E-state index in [0.717, 1.165) is 42.5 Å². The van der Waals surface area contributed by atoms with Crippen LogP contribution in [0.25, 0.3) is 11.1 Å². The Labute approximate surface area is 155 Å². The van der Waals surface area contributed by atoms with Crippen LogP contribution < -0.4 is 5.73 Å². The number of rotatable bonds is 3. The molecule has 130 valence electrons. The molecule has 2 aromatic rings. The Morgan fingerprint density at radius 2 is 1.67 bits per heavy atom. The van der Waals surface area contributed by atoms with Gasteiger partial charge in [-0.05, 0) is 54.7 Å². The average Bonchev–Trinajstić information content (AvgIpc) is 2.62. The number of carbonyl (C=O) groups excluding carboxylic acids is 1. The topological polar surface area (TPSA) is 59.2 Å². The highest BCUT2D eigenvalue weighted by molar-refractivity contribution is 5.95. The van der Waals surface area contributed by atoms with Crippen LogP contribution in [0.1, 0.15) is 29.6 Å². The van der Waals surface area contributed by atoms with E-state index in [4.69, 9.17) is 5.73 Å². The monoisotopic (exact) mass is 367 g/mol. The van der Waals surface area contributed by atoms with Crippen molar-refractivity contribution in [2.45, 2.75) is 25.3 Å². The molecule has 0 aliphatic carbocycles. The number of hydrogen-bond acceptors (Lipinski definition) is 3. The molecule has 0 radical (unpaired) electrons. The summed E-state index contributed by atoms with van der Waals surface area (Å²) in [5, 5.41) is 0. The van der Waals surface area contributed by atoms with Gasteiger partial charge in [-0.15, -0.1) is 24.8 Å². The summed E-state index contributed by atoms with van der Waals surface area (Å²) in [4.78, 5) is 18.6. The first-order chi connectivity index (χ1) is 10.8. The van der Waals surface area contributed by atoms with Gasteiger partial charge < -0.3 is 10.6 Å². The molecular formula is C18H23Cl2N3O. The van der Waals surface area contributed by atoms with E-state index in [1.807, 2.05) is 41.3 Å². The molecule has 0 spiro atoms. The number of halogens is 2. The predicted molar refractivity (Wildman–Crippen MR) is 102 cm³/mol. The SMILES string of the molecule is Cl.Cl.NCC1CCCCN1C(=O)c1ccc(-c2ccncc2)cc1. The Bertz CT molecular complexity index is 634. The number of benzene rings is 1. The number of likely N-dealkylation sites (tertiary alicyclic amines) is 1. The first-order valence-corrected chi connectivity index (χ1v) is 7.81. The fourth-order valence-electron chi connectivity index (χ4n) is 3.03. The van der Waals surface area contributed by atoms with E-state index in [9.17, 15) is 4.79 Å². The maximum Gasteiger partial charge on any atom is 0.254 e. The zero-order chi connectivity index (χ0) is 15.4. The molecular weight excluding hydrogens is 345 g/mol. The molecule has 1 saturated heterocycles. The van der Waals surface area contributed by atoms with Crippen LogP contribution in [0.15, 0.2) is 48.8 Å². The Hall–Kier alpha value is -1.62. The van der Waals surface area contributed by atoms with E-state index in [0.29, 0.717) is 6.54 Å². The molecule has 1 unspecified atom stereocenters. The quantitative estimate of drug-likeness (QED) is 0.902. The summed E-state index contributed by atoms with van der Waals surface area (Å²) < 4.78 is 0. The predicted octanol–water partition coefficient (Wildman–Crippen LogP) is 3.55. The second-order valence-electron chi connectivity index (χ2n) is 5.70. The number of carbonyl (C=O) groups is 1. The minimum Gasteiger partial charge on any atom is -0.334 e. The summed E-state index contributed by atoms with van der Waals surface area (Å²) >= 11 is 0. The summed E-state index contributed by atoms with van der Waals surface area (Å²) in [6.07, 6.45) is 6.78. The van der Waals surface area contributed by atoms with Gasteiger partial charge in [-0.25, -0.2) is 0 Å². The molecule has 6 heteroatoms. The third-order valence-corrected chi connectivity index (χ3v) is 4.31. The highest BCUT2D eigenvalue weighted by atomic mass is 35.5. The van der Waals surface area contributed by atoms with Crippen molar-refractivity contribution in [1.29, 1.82) is 0 Å². The van der Waals surface area contributed by atoms with Gasteiger partial charge in [0.15, 0.2) is 0 Å². The third kappa shape index (κ3) is 4.47. The van der Waals surface area contributed by atoms with E-state index in [1.165, 1.54) is 0 Å². The van der Waals surface area contributed by atoms with Crippen molar-refractivity contribution < 1.29 is 4.79 Å². The molecule has 4 nitrogen and oxygen atoms in total. The molecule has 1 aliphatic rings. The summed E-state index contributed by atoms with van der Waals surface area (Å²) in [6.45, 7) is 1.35. The molecule has 0 bridgehead atoms. The van der Waals surface area contributed by atoms with Gasteiger partial charge in [0.1, 0.15) is 0 Å².